The molecule has 0 fully saturated rings. The van der Waals surface area contributed by atoms with Crippen molar-refractivity contribution in [1.82, 2.24) is 5.32 Å². The minimum absolute atomic E-state index is 0.00703. The van der Waals surface area contributed by atoms with Gasteiger partial charge in [0.25, 0.3) is 0 Å². The summed E-state index contributed by atoms with van der Waals surface area (Å²) in [6.07, 6.45) is 1.19. The van der Waals surface area contributed by atoms with E-state index in [9.17, 15) is 14.4 Å². The van der Waals surface area contributed by atoms with Gasteiger partial charge < -0.3 is 15.4 Å². The molecule has 2 amide bonds. The Bertz CT molecular complexity index is 570. The number of halogens is 1. The Morgan fingerprint density at radius 3 is 2.25 bits per heavy atom. The number of hydrogen-bond acceptors (Lipinski definition) is 3. The fourth-order valence-electron chi connectivity index (χ4n) is 2.33. The summed E-state index contributed by atoms with van der Waals surface area (Å²) in [6.45, 7) is 5.83. The predicted octanol–water partition coefficient (Wildman–Crippen LogP) is 4.17. The molecule has 0 aromatic heterocycles. The number of rotatable bonds is 9. The second-order valence-electron chi connectivity index (χ2n) is 6.34. The Hall–Kier alpha value is -1.69. The fourth-order valence-corrected chi connectivity index (χ4v) is 2.59. The largest absolute Gasteiger partial charge is 0.337 e. The van der Waals surface area contributed by atoms with Gasteiger partial charge in [-0.2, -0.15) is 0 Å². The van der Waals surface area contributed by atoms with Gasteiger partial charge in [-0.1, -0.05) is 29.8 Å². The third-order valence-corrected chi connectivity index (χ3v) is 4.07. The molecule has 0 aliphatic carbocycles. The minimum atomic E-state index is -0.342. The summed E-state index contributed by atoms with van der Waals surface area (Å²) in [5.74, 6) is 0.114. The van der Waals surface area contributed by atoms with Crippen molar-refractivity contribution in [2.24, 2.45) is 11.8 Å². The van der Waals surface area contributed by atoms with Crippen molar-refractivity contribution in [2.75, 3.05) is 11.9 Å². The van der Waals surface area contributed by atoms with Gasteiger partial charge in [0.05, 0.1) is 0 Å². The highest BCUT2D eigenvalue weighted by Gasteiger charge is 2.20. The van der Waals surface area contributed by atoms with E-state index in [-0.39, 0.29) is 42.9 Å². The standard InChI is InChI=1S/C18H25BrN2O3/c1-12(2)10-14(17(23)9-4-13(3)22)11-20-18(24)21-16-7-5-15(19)6-8-16/h5-8,12,14H,4,9-11H2,1-3H3,(H2,20,21,24). The average molecular weight is 397 g/mol. The van der Waals surface area contributed by atoms with Crippen molar-refractivity contribution < 1.29 is 14.4 Å². The van der Waals surface area contributed by atoms with E-state index in [1.807, 2.05) is 26.0 Å². The zero-order valence-electron chi connectivity index (χ0n) is 14.4. The molecule has 1 atom stereocenters. The van der Waals surface area contributed by atoms with Crippen LogP contribution in [0.25, 0.3) is 0 Å². The molecular weight excluding hydrogens is 372 g/mol. The van der Waals surface area contributed by atoms with Crippen molar-refractivity contribution in [3.05, 3.63) is 28.7 Å². The number of carbonyl (C=O) groups is 3. The summed E-state index contributed by atoms with van der Waals surface area (Å²) >= 11 is 3.34. The van der Waals surface area contributed by atoms with Crippen LogP contribution in [-0.2, 0) is 9.59 Å². The molecule has 0 spiro atoms. The molecule has 0 saturated heterocycles. The lowest BCUT2D eigenvalue weighted by Gasteiger charge is -2.18. The second kappa shape index (κ2) is 10.2. The first kappa shape index (κ1) is 20.4. The molecular formula is C18H25BrN2O3. The maximum absolute atomic E-state index is 12.3. The van der Waals surface area contributed by atoms with Gasteiger partial charge in [-0.3, -0.25) is 4.79 Å². The molecule has 1 aromatic rings. The van der Waals surface area contributed by atoms with Crippen molar-refractivity contribution in [3.63, 3.8) is 0 Å². The van der Waals surface area contributed by atoms with Gasteiger partial charge in [-0.25, -0.2) is 4.79 Å². The van der Waals surface area contributed by atoms with Crippen LogP contribution in [0.15, 0.2) is 28.7 Å². The van der Waals surface area contributed by atoms with Gasteiger partial charge in [0.1, 0.15) is 11.6 Å². The molecule has 5 nitrogen and oxygen atoms in total. The summed E-state index contributed by atoms with van der Waals surface area (Å²) in [5.41, 5.74) is 0.680. The van der Waals surface area contributed by atoms with E-state index in [4.69, 9.17) is 0 Å². The quantitative estimate of drug-likeness (QED) is 0.657. The topological polar surface area (TPSA) is 75.3 Å². The van der Waals surface area contributed by atoms with E-state index in [2.05, 4.69) is 26.6 Å². The molecule has 132 valence electrons. The molecule has 1 aromatic carbocycles. The fraction of sp³-hybridized carbons (Fsp3) is 0.500. The predicted molar refractivity (Wildman–Crippen MR) is 99.0 cm³/mol. The zero-order chi connectivity index (χ0) is 18.1. The number of hydrogen-bond donors (Lipinski definition) is 2. The Morgan fingerprint density at radius 1 is 1.08 bits per heavy atom. The zero-order valence-corrected chi connectivity index (χ0v) is 16.0. The molecule has 0 aliphatic rings. The van der Waals surface area contributed by atoms with Gasteiger partial charge in [0, 0.05) is 35.5 Å². The Labute approximate surface area is 151 Å². The van der Waals surface area contributed by atoms with Crippen LogP contribution in [0.5, 0.6) is 0 Å². The lowest BCUT2D eigenvalue weighted by molar-refractivity contribution is -0.126. The number of urea groups is 1. The number of benzene rings is 1. The van der Waals surface area contributed by atoms with Crippen molar-refractivity contribution in [2.45, 2.75) is 40.0 Å². The summed E-state index contributed by atoms with van der Waals surface area (Å²) in [6, 6.07) is 6.90. The summed E-state index contributed by atoms with van der Waals surface area (Å²) in [4.78, 5) is 35.3. The van der Waals surface area contributed by atoms with Crippen LogP contribution in [0.3, 0.4) is 0 Å². The number of ketones is 2. The van der Waals surface area contributed by atoms with Gasteiger partial charge in [0.15, 0.2) is 0 Å². The number of nitrogens with one attached hydrogen (secondary N) is 2. The molecule has 0 radical (unpaired) electrons. The SMILES string of the molecule is CC(=O)CCC(=O)C(CNC(=O)Nc1ccc(Br)cc1)CC(C)C. The highest BCUT2D eigenvalue weighted by atomic mass is 79.9. The number of amides is 2. The lowest BCUT2D eigenvalue weighted by Crippen LogP contribution is -2.36. The minimum Gasteiger partial charge on any atom is -0.337 e. The summed E-state index contributed by atoms with van der Waals surface area (Å²) < 4.78 is 0.932. The summed E-state index contributed by atoms with van der Waals surface area (Å²) in [7, 11) is 0. The van der Waals surface area contributed by atoms with Gasteiger partial charge >= 0.3 is 6.03 Å². The Balaban J connectivity index is 2.53. The summed E-state index contributed by atoms with van der Waals surface area (Å²) in [5, 5.41) is 5.48. The number of Topliss-reactive ketones (excluding diaryl/α,β-unsaturated/α-hetero) is 2. The monoisotopic (exact) mass is 396 g/mol. The van der Waals surface area contributed by atoms with Crippen LogP contribution in [0.4, 0.5) is 10.5 Å². The van der Waals surface area contributed by atoms with Crippen LogP contribution < -0.4 is 10.6 Å². The normalized spacial score (nSPS) is 11.9. The maximum Gasteiger partial charge on any atom is 0.319 e. The molecule has 6 heteroatoms. The highest BCUT2D eigenvalue weighted by molar-refractivity contribution is 9.10. The molecule has 0 bridgehead atoms. The third-order valence-electron chi connectivity index (χ3n) is 3.55. The van der Waals surface area contributed by atoms with Crippen LogP contribution in [-0.4, -0.2) is 24.1 Å². The van der Waals surface area contributed by atoms with Crippen molar-refractivity contribution >= 4 is 39.2 Å². The Morgan fingerprint density at radius 2 is 1.71 bits per heavy atom. The maximum atomic E-state index is 12.3. The molecule has 1 rings (SSSR count). The molecule has 0 heterocycles. The third kappa shape index (κ3) is 8.24. The van der Waals surface area contributed by atoms with E-state index in [1.54, 1.807) is 12.1 Å². The van der Waals surface area contributed by atoms with E-state index in [1.165, 1.54) is 6.92 Å². The number of anilines is 1. The molecule has 2 N–H and O–H groups in total. The average Bonchev–Trinajstić information content (AvgIpc) is 2.51. The van der Waals surface area contributed by atoms with E-state index < -0.39 is 0 Å². The first-order valence-electron chi connectivity index (χ1n) is 8.10. The molecule has 0 aliphatic heterocycles. The number of carbonyl (C=O) groups excluding carboxylic acids is 3. The molecule has 24 heavy (non-hydrogen) atoms. The first-order chi connectivity index (χ1) is 11.3. The highest BCUT2D eigenvalue weighted by Crippen LogP contribution is 2.16. The second-order valence-corrected chi connectivity index (χ2v) is 7.25. The van der Waals surface area contributed by atoms with Gasteiger partial charge in [-0.15, -0.1) is 0 Å². The van der Waals surface area contributed by atoms with Gasteiger partial charge in [0.2, 0.25) is 0 Å². The molecule has 0 saturated carbocycles. The van der Waals surface area contributed by atoms with E-state index in [0.29, 0.717) is 18.0 Å². The van der Waals surface area contributed by atoms with Crippen LogP contribution in [0.1, 0.15) is 40.0 Å². The molecule has 1 unspecified atom stereocenters. The van der Waals surface area contributed by atoms with Crippen LogP contribution in [0, 0.1) is 11.8 Å². The van der Waals surface area contributed by atoms with Crippen LogP contribution in [0.2, 0.25) is 0 Å². The van der Waals surface area contributed by atoms with Crippen molar-refractivity contribution in [1.29, 1.82) is 0 Å². The smallest absolute Gasteiger partial charge is 0.319 e. The lowest BCUT2D eigenvalue weighted by atomic mass is 9.90. The van der Waals surface area contributed by atoms with E-state index in [0.717, 1.165) is 4.47 Å². The van der Waals surface area contributed by atoms with Gasteiger partial charge in [-0.05, 0) is 43.5 Å². The first-order valence-corrected chi connectivity index (χ1v) is 8.89. The van der Waals surface area contributed by atoms with Crippen molar-refractivity contribution in [3.8, 4) is 0 Å². The van der Waals surface area contributed by atoms with E-state index >= 15 is 0 Å². The van der Waals surface area contributed by atoms with Crippen LogP contribution >= 0.6 is 15.9 Å². The Kier molecular flexibility index (Phi) is 8.68.